The number of nitriles is 1. The molecule has 1 fully saturated rings. The number of carbonyl (C=O) groups is 1. The first-order valence-corrected chi connectivity index (χ1v) is 12.8. The Balaban J connectivity index is 1.60. The summed E-state index contributed by atoms with van der Waals surface area (Å²) < 4.78 is 29.1. The van der Waals surface area contributed by atoms with Gasteiger partial charge in [-0.2, -0.15) is 9.57 Å². The molecule has 1 saturated heterocycles. The van der Waals surface area contributed by atoms with Crippen molar-refractivity contribution in [3.8, 4) is 6.07 Å². The van der Waals surface area contributed by atoms with Crippen molar-refractivity contribution >= 4 is 49.0 Å². The summed E-state index contributed by atoms with van der Waals surface area (Å²) >= 11 is 7.21. The normalized spacial score (nSPS) is 17.8. The van der Waals surface area contributed by atoms with Crippen molar-refractivity contribution in [3.05, 3.63) is 64.7 Å². The molecule has 0 saturated carbocycles. The van der Waals surface area contributed by atoms with Crippen molar-refractivity contribution in [1.29, 1.82) is 5.26 Å². The molecule has 1 aromatic heterocycles. The number of benzene rings is 2. The van der Waals surface area contributed by atoms with Crippen LogP contribution >= 0.6 is 22.9 Å². The minimum absolute atomic E-state index is 0.0662. The summed E-state index contributed by atoms with van der Waals surface area (Å²) in [4.78, 5) is 14.8. The summed E-state index contributed by atoms with van der Waals surface area (Å²) in [6.45, 7) is 4.39. The molecule has 0 radical (unpaired) electrons. The SMILES string of the molecule is CC(C)C1CN(S(=O)(=O)c2cc3ccc(Cl)cc3s2)CC(=O)N1Cc1ccc(C#N)cc1. The molecule has 2 heterocycles. The van der Waals surface area contributed by atoms with E-state index in [2.05, 4.69) is 6.07 Å². The number of carbonyl (C=O) groups excluding carboxylic acids is 1. The quantitative estimate of drug-likeness (QED) is 0.531. The molecule has 1 aliphatic heterocycles. The lowest BCUT2D eigenvalue weighted by atomic mass is 9.99. The highest BCUT2D eigenvalue weighted by atomic mass is 35.5. The van der Waals surface area contributed by atoms with Gasteiger partial charge in [-0.15, -0.1) is 11.3 Å². The maximum absolute atomic E-state index is 13.4. The molecule has 0 bridgehead atoms. The van der Waals surface area contributed by atoms with E-state index >= 15 is 0 Å². The van der Waals surface area contributed by atoms with Crippen LogP contribution in [-0.4, -0.2) is 42.7 Å². The third kappa shape index (κ3) is 4.39. The smallest absolute Gasteiger partial charge is 0.253 e. The van der Waals surface area contributed by atoms with Crippen LogP contribution in [0.25, 0.3) is 10.1 Å². The van der Waals surface area contributed by atoms with Gasteiger partial charge in [0.25, 0.3) is 10.0 Å². The number of halogens is 1. The van der Waals surface area contributed by atoms with E-state index in [0.29, 0.717) is 17.1 Å². The number of rotatable bonds is 5. The largest absolute Gasteiger partial charge is 0.333 e. The summed E-state index contributed by atoms with van der Waals surface area (Å²) in [5.41, 5.74) is 1.46. The van der Waals surface area contributed by atoms with Crippen LogP contribution in [0.4, 0.5) is 0 Å². The fourth-order valence-corrected chi connectivity index (χ4v) is 7.11. The van der Waals surface area contributed by atoms with Gasteiger partial charge in [0.1, 0.15) is 4.21 Å². The maximum Gasteiger partial charge on any atom is 0.253 e. The minimum Gasteiger partial charge on any atom is -0.333 e. The predicted octanol–water partition coefficient (Wildman–Crippen LogP) is 4.48. The van der Waals surface area contributed by atoms with Gasteiger partial charge in [0.15, 0.2) is 0 Å². The highest BCUT2D eigenvalue weighted by Gasteiger charge is 2.40. The van der Waals surface area contributed by atoms with Gasteiger partial charge in [0.05, 0.1) is 18.2 Å². The molecule has 0 N–H and O–H groups in total. The van der Waals surface area contributed by atoms with Crippen molar-refractivity contribution in [2.75, 3.05) is 13.1 Å². The van der Waals surface area contributed by atoms with Gasteiger partial charge in [-0.3, -0.25) is 4.79 Å². The highest BCUT2D eigenvalue weighted by Crippen LogP contribution is 2.34. The first-order chi connectivity index (χ1) is 15.2. The Morgan fingerprint density at radius 1 is 1.19 bits per heavy atom. The van der Waals surface area contributed by atoms with Crippen molar-refractivity contribution in [1.82, 2.24) is 9.21 Å². The number of fused-ring (bicyclic) bond motifs is 1. The molecule has 9 heteroatoms. The van der Waals surface area contributed by atoms with E-state index in [1.165, 1.54) is 4.31 Å². The Morgan fingerprint density at radius 2 is 1.91 bits per heavy atom. The first kappa shape index (κ1) is 22.7. The zero-order chi connectivity index (χ0) is 23.0. The van der Waals surface area contributed by atoms with Crippen LogP contribution < -0.4 is 0 Å². The number of thiophene rings is 1. The van der Waals surface area contributed by atoms with E-state index in [-0.39, 0.29) is 35.2 Å². The van der Waals surface area contributed by atoms with Crippen LogP contribution in [0.1, 0.15) is 25.0 Å². The van der Waals surface area contributed by atoms with E-state index in [0.717, 1.165) is 27.0 Å². The lowest BCUT2D eigenvalue weighted by Crippen LogP contribution is -2.58. The lowest BCUT2D eigenvalue weighted by molar-refractivity contribution is -0.139. The average Bonchev–Trinajstić information content (AvgIpc) is 3.19. The number of hydrogen-bond donors (Lipinski definition) is 0. The number of hydrogen-bond acceptors (Lipinski definition) is 5. The molecule has 0 spiro atoms. The molecule has 32 heavy (non-hydrogen) atoms. The van der Waals surface area contributed by atoms with E-state index in [1.807, 2.05) is 26.0 Å². The summed E-state index contributed by atoms with van der Waals surface area (Å²) in [5.74, 6) is -0.163. The van der Waals surface area contributed by atoms with Crippen molar-refractivity contribution in [2.45, 2.75) is 30.6 Å². The van der Waals surface area contributed by atoms with E-state index in [9.17, 15) is 13.2 Å². The van der Waals surface area contributed by atoms with Crippen LogP contribution in [0.5, 0.6) is 0 Å². The fourth-order valence-electron chi connectivity index (χ4n) is 3.87. The Morgan fingerprint density at radius 3 is 2.56 bits per heavy atom. The lowest BCUT2D eigenvalue weighted by Gasteiger charge is -2.42. The molecular formula is C23H22ClN3O3S2. The molecule has 3 aromatic rings. The Kier molecular flexibility index (Phi) is 6.28. The number of nitrogens with zero attached hydrogens (tertiary/aromatic N) is 3. The molecule has 1 unspecified atom stereocenters. The third-order valence-corrected chi connectivity index (χ3v) is 9.28. The predicted molar refractivity (Wildman–Crippen MR) is 126 cm³/mol. The monoisotopic (exact) mass is 487 g/mol. The molecule has 166 valence electrons. The molecule has 1 atom stereocenters. The second-order valence-corrected chi connectivity index (χ2v) is 11.9. The van der Waals surface area contributed by atoms with Gasteiger partial charge in [0, 0.05) is 28.9 Å². The van der Waals surface area contributed by atoms with Gasteiger partial charge < -0.3 is 4.90 Å². The van der Waals surface area contributed by atoms with Crippen LogP contribution in [-0.2, 0) is 21.4 Å². The van der Waals surface area contributed by atoms with Gasteiger partial charge in [-0.05, 0) is 47.2 Å². The zero-order valence-electron chi connectivity index (χ0n) is 17.7. The number of sulfonamides is 1. The van der Waals surface area contributed by atoms with Gasteiger partial charge >= 0.3 is 0 Å². The molecule has 1 aliphatic rings. The minimum atomic E-state index is -3.82. The summed E-state index contributed by atoms with van der Waals surface area (Å²) in [5, 5.41) is 10.3. The van der Waals surface area contributed by atoms with E-state index in [1.54, 1.807) is 41.3 Å². The Hall–Kier alpha value is -2.44. The molecule has 0 aliphatic carbocycles. The van der Waals surface area contributed by atoms with Crippen LogP contribution in [0.3, 0.4) is 0 Å². The standard InChI is InChI=1S/C23H22ClN3O3S2/c1-15(2)20-13-26(14-22(28)27(20)12-17-5-3-16(11-25)4-6-17)32(29,30)23-9-18-7-8-19(24)10-21(18)31-23/h3-10,15,20H,12-14H2,1-2H3. The summed E-state index contributed by atoms with van der Waals surface area (Å²) in [7, 11) is -3.82. The van der Waals surface area contributed by atoms with Crippen molar-refractivity contribution < 1.29 is 13.2 Å². The molecule has 1 amide bonds. The summed E-state index contributed by atoms with van der Waals surface area (Å²) in [6, 6.07) is 15.8. The molecular weight excluding hydrogens is 466 g/mol. The van der Waals surface area contributed by atoms with Crippen molar-refractivity contribution in [3.63, 3.8) is 0 Å². The zero-order valence-corrected chi connectivity index (χ0v) is 20.0. The van der Waals surface area contributed by atoms with Gasteiger partial charge in [0.2, 0.25) is 5.91 Å². The summed E-state index contributed by atoms with van der Waals surface area (Å²) in [6.07, 6.45) is 0. The number of piperazine rings is 1. The number of amides is 1. The van der Waals surface area contributed by atoms with Crippen LogP contribution in [0.15, 0.2) is 52.7 Å². The Bertz CT molecular complexity index is 1310. The Labute approximate surface area is 196 Å². The van der Waals surface area contributed by atoms with E-state index < -0.39 is 10.0 Å². The second kappa shape index (κ2) is 8.83. The molecule has 4 rings (SSSR count). The second-order valence-electron chi connectivity index (χ2n) is 8.19. The van der Waals surface area contributed by atoms with E-state index in [4.69, 9.17) is 16.9 Å². The first-order valence-electron chi connectivity index (χ1n) is 10.2. The topological polar surface area (TPSA) is 81.5 Å². The van der Waals surface area contributed by atoms with Crippen LogP contribution in [0, 0.1) is 17.2 Å². The van der Waals surface area contributed by atoms with Crippen molar-refractivity contribution in [2.24, 2.45) is 5.92 Å². The van der Waals surface area contributed by atoms with Gasteiger partial charge in [-0.1, -0.05) is 43.6 Å². The maximum atomic E-state index is 13.4. The molecule has 2 aromatic carbocycles. The third-order valence-electron chi connectivity index (χ3n) is 5.68. The average molecular weight is 488 g/mol. The van der Waals surface area contributed by atoms with Crippen LogP contribution in [0.2, 0.25) is 5.02 Å². The molecule has 6 nitrogen and oxygen atoms in total. The highest BCUT2D eigenvalue weighted by molar-refractivity contribution is 7.91. The van der Waals surface area contributed by atoms with Gasteiger partial charge in [-0.25, -0.2) is 8.42 Å². The fraction of sp³-hybridized carbons (Fsp3) is 0.304.